The van der Waals surface area contributed by atoms with Gasteiger partial charge in [0.1, 0.15) is 0 Å². The minimum Gasteiger partial charge on any atom is -0.356 e. The summed E-state index contributed by atoms with van der Waals surface area (Å²) in [5, 5.41) is 2.98. The van der Waals surface area contributed by atoms with E-state index in [1.165, 1.54) is 11.1 Å². The molecule has 0 radical (unpaired) electrons. The van der Waals surface area contributed by atoms with E-state index in [1.54, 1.807) is 11.1 Å². The van der Waals surface area contributed by atoms with Crippen LogP contribution >= 0.6 is 0 Å². The molecule has 5 nitrogen and oxygen atoms in total. The fraction of sp³-hybridized carbons (Fsp3) is 0.381. The van der Waals surface area contributed by atoms with Crippen LogP contribution in [-0.4, -0.2) is 34.8 Å². The first-order valence-corrected chi connectivity index (χ1v) is 9.13. The van der Waals surface area contributed by atoms with Crippen molar-refractivity contribution in [1.82, 2.24) is 15.2 Å². The number of nitrogens with zero attached hydrogens (tertiary/aromatic N) is 2. The van der Waals surface area contributed by atoms with Crippen molar-refractivity contribution in [1.29, 1.82) is 0 Å². The number of benzene rings is 1. The topological polar surface area (TPSA) is 62.3 Å². The van der Waals surface area contributed by atoms with Crippen molar-refractivity contribution < 1.29 is 9.59 Å². The third kappa shape index (κ3) is 4.91. The Morgan fingerprint density at radius 1 is 1.27 bits per heavy atom. The summed E-state index contributed by atoms with van der Waals surface area (Å²) >= 11 is 0. The zero-order chi connectivity index (χ0) is 18.4. The predicted octanol–water partition coefficient (Wildman–Crippen LogP) is 2.49. The van der Waals surface area contributed by atoms with E-state index in [9.17, 15) is 9.59 Å². The van der Waals surface area contributed by atoms with Gasteiger partial charge in [0.05, 0.1) is 18.2 Å². The summed E-state index contributed by atoms with van der Waals surface area (Å²) < 4.78 is 0. The molecule has 2 aromatic rings. The molecule has 1 saturated heterocycles. The van der Waals surface area contributed by atoms with Crippen LogP contribution in [0.2, 0.25) is 0 Å². The summed E-state index contributed by atoms with van der Waals surface area (Å²) in [4.78, 5) is 30.5. The van der Waals surface area contributed by atoms with Crippen LogP contribution in [0.1, 0.15) is 29.7 Å². The molecule has 1 aromatic heterocycles. The molecule has 1 fully saturated rings. The fourth-order valence-corrected chi connectivity index (χ4v) is 3.30. The summed E-state index contributed by atoms with van der Waals surface area (Å²) in [6.07, 6.45) is 3.84. The SMILES string of the molecule is Cc1cccc(CCCNC(=O)[C@H]2CC(=O)N(Cc3ccccn3)C2)c1. The Kier molecular flexibility index (Phi) is 6.00. The minimum absolute atomic E-state index is 0.0221. The number of likely N-dealkylation sites (tertiary alicyclic amines) is 1. The van der Waals surface area contributed by atoms with Crippen LogP contribution in [-0.2, 0) is 22.6 Å². The van der Waals surface area contributed by atoms with Gasteiger partial charge in [0.15, 0.2) is 0 Å². The van der Waals surface area contributed by atoms with Crippen molar-refractivity contribution in [2.45, 2.75) is 32.7 Å². The number of hydrogen-bond acceptors (Lipinski definition) is 3. The maximum Gasteiger partial charge on any atom is 0.225 e. The molecule has 26 heavy (non-hydrogen) atoms. The van der Waals surface area contributed by atoms with E-state index in [-0.39, 0.29) is 24.2 Å². The molecule has 1 atom stereocenters. The van der Waals surface area contributed by atoms with Crippen LogP contribution in [0.4, 0.5) is 0 Å². The highest BCUT2D eigenvalue weighted by Gasteiger charge is 2.34. The number of carbonyl (C=O) groups is 2. The number of pyridine rings is 1. The van der Waals surface area contributed by atoms with Gasteiger partial charge in [-0.05, 0) is 37.5 Å². The molecule has 5 heteroatoms. The predicted molar refractivity (Wildman–Crippen MR) is 100 cm³/mol. The standard InChI is InChI=1S/C21H25N3O2/c1-16-6-4-7-17(12-16)8-5-11-23-21(26)18-13-20(25)24(14-18)15-19-9-2-3-10-22-19/h2-4,6-7,9-10,12,18H,5,8,11,13-15H2,1H3,(H,23,26)/t18-/m0/s1. The van der Waals surface area contributed by atoms with Crippen LogP contribution in [0.15, 0.2) is 48.7 Å². The van der Waals surface area contributed by atoms with Gasteiger partial charge in [-0.2, -0.15) is 0 Å². The van der Waals surface area contributed by atoms with E-state index >= 15 is 0 Å². The van der Waals surface area contributed by atoms with Crippen LogP contribution < -0.4 is 5.32 Å². The molecule has 0 saturated carbocycles. The van der Waals surface area contributed by atoms with E-state index in [4.69, 9.17) is 0 Å². The van der Waals surface area contributed by atoms with Gasteiger partial charge in [0, 0.05) is 25.7 Å². The van der Waals surface area contributed by atoms with E-state index in [0.717, 1.165) is 18.5 Å². The number of aromatic nitrogens is 1. The van der Waals surface area contributed by atoms with E-state index < -0.39 is 0 Å². The highest BCUT2D eigenvalue weighted by molar-refractivity contribution is 5.89. The van der Waals surface area contributed by atoms with Gasteiger partial charge in [-0.3, -0.25) is 14.6 Å². The molecule has 2 heterocycles. The van der Waals surface area contributed by atoms with Gasteiger partial charge in [-0.25, -0.2) is 0 Å². The average molecular weight is 351 g/mol. The van der Waals surface area contributed by atoms with Gasteiger partial charge < -0.3 is 10.2 Å². The second-order valence-electron chi connectivity index (χ2n) is 6.88. The zero-order valence-electron chi connectivity index (χ0n) is 15.1. The van der Waals surface area contributed by atoms with E-state index in [2.05, 4.69) is 41.5 Å². The van der Waals surface area contributed by atoms with Gasteiger partial charge in [0.2, 0.25) is 11.8 Å². The molecule has 1 aliphatic heterocycles. The van der Waals surface area contributed by atoms with Gasteiger partial charge >= 0.3 is 0 Å². The third-order valence-corrected chi connectivity index (χ3v) is 4.69. The summed E-state index contributed by atoms with van der Waals surface area (Å²) in [6, 6.07) is 14.1. The Morgan fingerprint density at radius 2 is 2.15 bits per heavy atom. The number of carbonyl (C=O) groups excluding carboxylic acids is 2. The zero-order valence-corrected chi connectivity index (χ0v) is 15.1. The Hall–Kier alpha value is -2.69. The summed E-state index contributed by atoms with van der Waals surface area (Å²) in [7, 11) is 0. The van der Waals surface area contributed by atoms with Gasteiger partial charge in [-0.1, -0.05) is 35.9 Å². The molecule has 3 rings (SSSR count). The third-order valence-electron chi connectivity index (χ3n) is 4.69. The highest BCUT2D eigenvalue weighted by Crippen LogP contribution is 2.19. The first-order chi connectivity index (χ1) is 12.6. The fourth-order valence-electron chi connectivity index (χ4n) is 3.30. The van der Waals surface area contributed by atoms with E-state index in [1.807, 2.05) is 18.2 Å². The number of aryl methyl sites for hydroxylation is 2. The van der Waals surface area contributed by atoms with Crippen molar-refractivity contribution in [3.8, 4) is 0 Å². The lowest BCUT2D eigenvalue weighted by Crippen LogP contribution is -2.33. The van der Waals surface area contributed by atoms with E-state index in [0.29, 0.717) is 19.6 Å². The Bertz CT molecular complexity index is 761. The number of hydrogen-bond donors (Lipinski definition) is 1. The normalized spacial score (nSPS) is 16.7. The van der Waals surface area contributed by atoms with Crippen LogP contribution in [0.3, 0.4) is 0 Å². The molecule has 1 N–H and O–H groups in total. The summed E-state index contributed by atoms with van der Waals surface area (Å²) in [5.74, 6) is -0.258. The van der Waals surface area contributed by atoms with Crippen molar-refractivity contribution in [3.05, 3.63) is 65.5 Å². The smallest absolute Gasteiger partial charge is 0.225 e. The first kappa shape index (κ1) is 18.1. The van der Waals surface area contributed by atoms with Crippen LogP contribution in [0, 0.1) is 12.8 Å². The quantitative estimate of drug-likeness (QED) is 0.780. The molecule has 1 aliphatic rings. The molecular formula is C21H25N3O2. The van der Waals surface area contributed by atoms with Crippen molar-refractivity contribution in [2.24, 2.45) is 5.92 Å². The summed E-state index contributed by atoms with van der Waals surface area (Å²) in [5.41, 5.74) is 3.39. The Labute approximate surface area is 154 Å². The number of nitrogens with one attached hydrogen (secondary N) is 1. The molecule has 0 bridgehead atoms. The number of amides is 2. The second-order valence-corrected chi connectivity index (χ2v) is 6.88. The van der Waals surface area contributed by atoms with Gasteiger partial charge in [-0.15, -0.1) is 0 Å². The van der Waals surface area contributed by atoms with Crippen molar-refractivity contribution in [3.63, 3.8) is 0 Å². The summed E-state index contributed by atoms with van der Waals surface area (Å²) in [6.45, 7) is 3.66. The monoisotopic (exact) mass is 351 g/mol. The lowest BCUT2D eigenvalue weighted by atomic mass is 10.1. The average Bonchev–Trinajstić information content (AvgIpc) is 3.00. The molecular weight excluding hydrogens is 326 g/mol. The second kappa shape index (κ2) is 8.61. The largest absolute Gasteiger partial charge is 0.356 e. The Balaban J connectivity index is 1.41. The number of rotatable bonds is 7. The lowest BCUT2D eigenvalue weighted by molar-refractivity contribution is -0.129. The van der Waals surface area contributed by atoms with Crippen LogP contribution in [0.25, 0.3) is 0 Å². The van der Waals surface area contributed by atoms with Gasteiger partial charge in [0.25, 0.3) is 0 Å². The van der Waals surface area contributed by atoms with Crippen molar-refractivity contribution in [2.75, 3.05) is 13.1 Å². The van der Waals surface area contributed by atoms with Crippen molar-refractivity contribution >= 4 is 11.8 Å². The molecule has 0 spiro atoms. The highest BCUT2D eigenvalue weighted by atomic mass is 16.2. The molecule has 0 unspecified atom stereocenters. The first-order valence-electron chi connectivity index (χ1n) is 9.13. The minimum atomic E-state index is -0.259. The molecule has 0 aliphatic carbocycles. The maximum atomic E-state index is 12.3. The molecule has 136 valence electrons. The maximum absolute atomic E-state index is 12.3. The molecule has 1 aromatic carbocycles. The molecule has 2 amide bonds. The van der Waals surface area contributed by atoms with Crippen LogP contribution in [0.5, 0.6) is 0 Å². The Morgan fingerprint density at radius 3 is 2.92 bits per heavy atom. The lowest BCUT2D eigenvalue weighted by Gasteiger charge is -2.16.